The Hall–Kier alpha value is -1.50. The molecule has 0 atom stereocenters. The summed E-state index contributed by atoms with van der Waals surface area (Å²) < 4.78 is 17.6. The van der Waals surface area contributed by atoms with Crippen molar-refractivity contribution in [1.82, 2.24) is 0 Å². The van der Waals surface area contributed by atoms with Gasteiger partial charge in [0.25, 0.3) is 0 Å². The molecule has 1 aromatic carbocycles. The van der Waals surface area contributed by atoms with E-state index in [1.807, 2.05) is 0 Å². The molecule has 0 aliphatic heterocycles. The van der Waals surface area contributed by atoms with Crippen LogP contribution in [-0.2, 0) is 16.0 Å². The number of carbonyl (C=O) groups excluding carboxylic acids is 1. The maximum Gasteiger partial charge on any atom is 0.309 e. The molecular weight excluding hydrogens is 285 g/mol. The predicted molar refractivity (Wildman–Crippen MR) is 56.5 cm³/mol. The van der Waals surface area contributed by atoms with Crippen molar-refractivity contribution < 1.29 is 18.8 Å². The number of carbonyl (C=O) groups is 1. The van der Waals surface area contributed by atoms with E-state index in [0.29, 0.717) is 5.56 Å². The van der Waals surface area contributed by atoms with E-state index >= 15 is 0 Å². The molecule has 0 N–H and O–H groups in total. The van der Waals surface area contributed by atoms with E-state index in [4.69, 9.17) is 0 Å². The van der Waals surface area contributed by atoms with Crippen LogP contribution in [0.3, 0.4) is 0 Å². The van der Waals surface area contributed by atoms with Gasteiger partial charge in [-0.1, -0.05) is 0 Å². The van der Waals surface area contributed by atoms with Gasteiger partial charge >= 0.3 is 11.7 Å². The van der Waals surface area contributed by atoms with E-state index in [1.54, 1.807) is 0 Å². The van der Waals surface area contributed by atoms with E-state index in [9.17, 15) is 19.3 Å². The van der Waals surface area contributed by atoms with Crippen LogP contribution in [0.2, 0.25) is 0 Å². The summed E-state index contributed by atoms with van der Waals surface area (Å²) in [7, 11) is 1.20. The monoisotopic (exact) mass is 291 g/mol. The zero-order valence-corrected chi connectivity index (χ0v) is 9.78. The van der Waals surface area contributed by atoms with Gasteiger partial charge in [0.15, 0.2) is 0 Å². The summed E-state index contributed by atoms with van der Waals surface area (Å²) in [6.07, 6.45) is -0.143. The summed E-state index contributed by atoms with van der Waals surface area (Å²) in [5, 5.41) is 10.5. The van der Waals surface area contributed by atoms with Gasteiger partial charge in [0.05, 0.1) is 22.9 Å². The first-order chi connectivity index (χ1) is 7.45. The second-order valence-corrected chi connectivity index (χ2v) is 3.78. The minimum atomic E-state index is -0.960. The highest BCUT2D eigenvalue weighted by atomic mass is 79.9. The summed E-state index contributed by atoms with van der Waals surface area (Å²) in [6, 6.07) is 2.32. The van der Waals surface area contributed by atoms with E-state index in [1.165, 1.54) is 13.2 Å². The van der Waals surface area contributed by atoms with Gasteiger partial charge in [-0.2, -0.15) is 4.39 Å². The maximum atomic E-state index is 13.2. The van der Waals surface area contributed by atoms with Crippen LogP contribution in [0.25, 0.3) is 0 Å². The van der Waals surface area contributed by atoms with E-state index < -0.39 is 22.4 Å². The normalized spacial score (nSPS) is 9.94. The third-order valence-electron chi connectivity index (χ3n) is 1.84. The molecule has 0 bridgehead atoms. The van der Waals surface area contributed by atoms with Crippen LogP contribution in [-0.4, -0.2) is 18.0 Å². The fourth-order valence-corrected chi connectivity index (χ4v) is 1.60. The number of benzene rings is 1. The van der Waals surface area contributed by atoms with Crippen LogP contribution in [0.1, 0.15) is 5.56 Å². The van der Waals surface area contributed by atoms with Crippen molar-refractivity contribution in [3.05, 3.63) is 38.1 Å². The molecule has 0 aliphatic carbocycles. The number of hydrogen-bond acceptors (Lipinski definition) is 4. The Kier molecular flexibility index (Phi) is 3.94. The molecule has 0 spiro atoms. The highest BCUT2D eigenvalue weighted by molar-refractivity contribution is 9.10. The number of methoxy groups -OCH3 is 1. The zero-order chi connectivity index (χ0) is 12.3. The Morgan fingerprint density at radius 1 is 1.62 bits per heavy atom. The lowest BCUT2D eigenvalue weighted by Crippen LogP contribution is -2.05. The highest BCUT2D eigenvalue weighted by Gasteiger charge is 2.19. The topological polar surface area (TPSA) is 69.4 Å². The molecule has 0 fully saturated rings. The zero-order valence-electron chi connectivity index (χ0n) is 8.20. The second kappa shape index (κ2) is 5.02. The summed E-state index contributed by atoms with van der Waals surface area (Å²) in [6.45, 7) is 0. The fraction of sp³-hybridized carbons (Fsp3) is 0.222. The van der Waals surface area contributed by atoms with Gasteiger partial charge in [-0.25, -0.2) is 0 Å². The van der Waals surface area contributed by atoms with Crippen LogP contribution in [0, 0.1) is 15.9 Å². The first-order valence-corrected chi connectivity index (χ1v) is 4.94. The lowest BCUT2D eigenvalue weighted by molar-refractivity contribution is -0.387. The van der Waals surface area contributed by atoms with Crippen LogP contribution in [0.15, 0.2) is 16.6 Å². The Morgan fingerprint density at radius 2 is 2.25 bits per heavy atom. The van der Waals surface area contributed by atoms with Gasteiger partial charge in [-0.3, -0.25) is 14.9 Å². The van der Waals surface area contributed by atoms with Crippen LogP contribution >= 0.6 is 15.9 Å². The first kappa shape index (κ1) is 12.6. The summed E-state index contributed by atoms with van der Waals surface area (Å²) in [5.74, 6) is -1.51. The molecule has 0 aliphatic rings. The molecule has 7 heteroatoms. The van der Waals surface area contributed by atoms with Crippen molar-refractivity contribution >= 4 is 27.6 Å². The number of hydrogen-bond donors (Lipinski definition) is 0. The van der Waals surface area contributed by atoms with Crippen LogP contribution in [0.4, 0.5) is 10.1 Å². The van der Waals surface area contributed by atoms with Gasteiger partial charge < -0.3 is 4.74 Å². The van der Waals surface area contributed by atoms with Gasteiger partial charge in [-0.05, 0) is 27.6 Å². The van der Waals surface area contributed by atoms with Crippen molar-refractivity contribution in [2.75, 3.05) is 7.11 Å². The van der Waals surface area contributed by atoms with Gasteiger partial charge in [-0.15, -0.1) is 0 Å². The van der Waals surface area contributed by atoms with Crippen molar-refractivity contribution in [3.8, 4) is 0 Å². The highest BCUT2D eigenvalue weighted by Crippen LogP contribution is 2.27. The molecule has 0 heterocycles. The number of esters is 1. The number of nitro benzene ring substituents is 1. The molecule has 0 saturated carbocycles. The van der Waals surface area contributed by atoms with Crippen molar-refractivity contribution in [2.45, 2.75) is 6.42 Å². The smallest absolute Gasteiger partial charge is 0.309 e. The Labute approximate surface area is 98.5 Å². The van der Waals surface area contributed by atoms with Gasteiger partial charge in [0, 0.05) is 6.07 Å². The summed E-state index contributed by atoms with van der Waals surface area (Å²) in [5.41, 5.74) is -0.361. The van der Waals surface area contributed by atoms with E-state index in [2.05, 4.69) is 20.7 Å². The third kappa shape index (κ3) is 2.75. The van der Waals surface area contributed by atoms with Gasteiger partial charge in [0.2, 0.25) is 5.82 Å². The molecule has 1 rings (SSSR count). The molecule has 16 heavy (non-hydrogen) atoms. The van der Waals surface area contributed by atoms with E-state index in [0.717, 1.165) is 6.07 Å². The second-order valence-electron chi connectivity index (χ2n) is 2.92. The molecule has 0 unspecified atom stereocenters. The van der Waals surface area contributed by atoms with Crippen molar-refractivity contribution in [2.24, 2.45) is 0 Å². The maximum absolute atomic E-state index is 13.2. The lowest BCUT2D eigenvalue weighted by Gasteiger charge is -2.02. The van der Waals surface area contributed by atoms with Crippen molar-refractivity contribution in [1.29, 1.82) is 0 Å². The Balaban J connectivity index is 3.14. The minimum absolute atomic E-state index is 0.0550. The standard InChI is InChI=1S/C9H7BrFNO4/c1-16-8(13)4-5-2-6(10)9(11)7(3-5)12(14)15/h2-3H,4H2,1H3. The average Bonchev–Trinajstić information content (AvgIpc) is 2.22. The third-order valence-corrected chi connectivity index (χ3v) is 2.42. The molecule has 0 radical (unpaired) electrons. The molecule has 0 amide bonds. The van der Waals surface area contributed by atoms with Gasteiger partial charge in [0.1, 0.15) is 0 Å². The Morgan fingerprint density at radius 3 is 2.75 bits per heavy atom. The fourth-order valence-electron chi connectivity index (χ4n) is 1.10. The quantitative estimate of drug-likeness (QED) is 0.486. The molecule has 86 valence electrons. The number of nitrogens with zero attached hydrogens (tertiary/aromatic N) is 1. The summed E-state index contributed by atoms with van der Waals surface area (Å²) >= 11 is 2.85. The number of rotatable bonds is 3. The summed E-state index contributed by atoms with van der Waals surface area (Å²) in [4.78, 5) is 20.6. The molecule has 0 saturated heterocycles. The predicted octanol–water partition coefficient (Wildman–Crippen LogP) is 2.21. The number of ether oxygens (including phenoxy) is 1. The number of halogens is 2. The average molecular weight is 292 g/mol. The Bertz CT molecular complexity index is 449. The minimum Gasteiger partial charge on any atom is -0.469 e. The largest absolute Gasteiger partial charge is 0.469 e. The molecular formula is C9H7BrFNO4. The van der Waals surface area contributed by atoms with E-state index in [-0.39, 0.29) is 10.9 Å². The number of nitro groups is 1. The SMILES string of the molecule is COC(=O)Cc1cc(Br)c(F)c([N+](=O)[O-])c1. The van der Waals surface area contributed by atoms with Crippen molar-refractivity contribution in [3.63, 3.8) is 0 Å². The first-order valence-electron chi connectivity index (χ1n) is 4.15. The lowest BCUT2D eigenvalue weighted by atomic mass is 10.1. The molecule has 0 aromatic heterocycles. The molecule has 5 nitrogen and oxygen atoms in total. The van der Waals surface area contributed by atoms with Crippen LogP contribution in [0.5, 0.6) is 0 Å². The molecule has 1 aromatic rings. The van der Waals surface area contributed by atoms with Crippen LogP contribution < -0.4 is 0 Å².